The van der Waals surface area contributed by atoms with Gasteiger partial charge in [-0.25, -0.2) is 4.98 Å². The Kier molecular flexibility index (Phi) is 5.11. The molecule has 0 aliphatic carbocycles. The van der Waals surface area contributed by atoms with Crippen molar-refractivity contribution in [2.75, 3.05) is 6.54 Å². The summed E-state index contributed by atoms with van der Waals surface area (Å²) in [6.07, 6.45) is 1.50. The number of H-pyrrole nitrogens is 1. The van der Waals surface area contributed by atoms with Gasteiger partial charge < -0.3 is 10.1 Å². The highest BCUT2D eigenvalue weighted by Crippen LogP contribution is 2.17. The summed E-state index contributed by atoms with van der Waals surface area (Å²) in [4.78, 5) is 15.8. The number of nitrogens with one attached hydrogen (secondary N) is 2. The average molecular weight is 339 g/mol. The van der Waals surface area contributed by atoms with E-state index in [2.05, 4.69) is 36.4 Å². The molecule has 2 aromatic rings. The lowest BCUT2D eigenvalue weighted by Crippen LogP contribution is -2.37. The Morgan fingerprint density at radius 3 is 2.85 bits per heavy atom. The SMILES string of the molecule is CC(Oc1ccc(Br)cc1)C(=O)NCCc1ncn[nH]1. The second-order valence-electron chi connectivity index (χ2n) is 4.19. The molecule has 0 fully saturated rings. The molecule has 0 aliphatic rings. The molecule has 2 rings (SSSR count). The summed E-state index contributed by atoms with van der Waals surface area (Å²) < 4.78 is 6.52. The van der Waals surface area contributed by atoms with E-state index in [1.54, 1.807) is 6.92 Å². The molecule has 1 aromatic heterocycles. The van der Waals surface area contributed by atoms with Crippen molar-refractivity contribution >= 4 is 21.8 Å². The minimum absolute atomic E-state index is 0.160. The zero-order chi connectivity index (χ0) is 14.4. The molecule has 1 amide bonds. The van der Waals surface area contributed by atoms with E-state index in [1.165, 1.54) is 6.33 Å². The fraction of sp³-hybridized carbons (Fsp3) is 0.308. The van der Waals surface area contributed by atoms with Crippen molar-refractivity contribution in [2.45, 2.75) is 19.4 Å². The second kappa shape index (κ2) is 7.04. The van der Waals surface area contributed by atoms with E-state index < -0.39 is 6.10 Å². The number of hydrogen-bond donors (Lipinski definition) is 2. The van der Waals surface area contributed by atoms with Gasteiger partial charge in [-0.05, 0) is 31.2 Å². The molecule has 1 heterocycles. The third-order valence-electron chi connectivity index (χ3n) is 2.62. The van der Waals surface area contributed by atoms with Gasteiger partial charge in [0.15, 0.2) is 6.10 Å². The summed E-state index contributed by atoms with van der Waals surface area (Å²) in [5.41, 5.74) is 0. The number of ether oxygens (including phenoxy) is 1. The van der Waals surface area contributed by atoms with E-state index in [0.717, 1.165) is 10.3 Å². The van der Waals surface area contributed by atoms with Crippen LogP contribution in [0, 0.1) is 0 Å². The van der Waals surface area contributed by atoms with E-state index in [9.17, 15) is 4.79 Å². The molecule has 1 aromatic carbocycles. The van der Waals surface area contributed by atoms with Crippen LogP contribution in [0.4, 0.5) is 0 Å². The maximum Gasteiger partial charge on any atom is 0.260 e. The molecule has 7 heteroatoms. The topological polar surface area (TPSA) is 79.9 Å². The van der Waals surface area contributed by atoms with Crippen LogP contribution in [0.25, 0.3) is 0 Å². The number of carbonyl (C=O) groups is 1. The smallest absolute Gasteiger partial charge is 0.260 e. The van der Waals surface area contributed by atoms with E-state index in [1.807, 2.05) is 24.3 Å². The fourth-order valence-electron chi connectivity index (χ4n) is 1.57. The van der Waals surface area contributed by atoms with E-state index in [4.69, 9.17) is 4.74 Å². The van der Waals surface area contributed by atoms with Gasteiger partial charge in [-0.1, -0.05) is 15.9 Å². The summed E-state index contributed by atoms with van der Waals surface area (Å²) in [5.74, 6) is 1.24. The third-order valence-corrected chi connectivity index (χ3v) is 3.15. The lowest BCUT2D eigenvalue weighted by Gasteiger charge is -2.14. The summed E-state index contributed by atoms with van der Waals surface area (Å²) in [7, 11) is 0. The van der Waals surface area contributed by atoms with Crippen LogP contribution in [0.15, 0.2) is 35.1 Å². The molecule has 0 bridgehead atoms. The maximum atomic E-state index is 11.9. The van der Waals surface area contributed by atoms with Crippen molar-refractivity contribution in [1.29, 1.82) is 0 Å². The predicted molar refractivity (Wildman–Crippen MR) is 77.3 cm³/mol. The zero-order valence-corrected chi connectivity index (χ0v) is 12.6. The highest BCUT2D eigenvalue weighted by atomic mass is 79.9. The standard InChI is InChI=1S/C13H15BrN4O2/c1-9(20-11-4-2-10(14)3-5-11)13(19)15-7-6-12-16-8-17-18-12/h2-5,8-9H,6-7H2,1H3,(H,15,19)(H,16,17,18). The molecule has 20 heavy (non-hydrogen) atoms. The molecular weight excluding hydrogens is 324 g/mol. The summed E-state index contributed by atoms with van der Waals surface area (Å²) in [6, 6.07) is 7.35. The minimum atomic E-state index is -0.550. The van der Waals surface area contributed by atoms with Crippen LogP contribution in [0.1, 0.15) is 12.7 Å². The zero-order valence-electron chi connectivity index (χ0n) is 11.0. The van der Waals surface area contributed by atoms with E-state index in [0.29, 0.717) is 18.7 Å². The quantitative estimate of drug-likeness (QED) is 0.839. The normalized spacial score (nSPS) is 11.9. The molecule has 6 nitrogen and oxygen atoms in total. The van der Waals surface area contributed by atoms with Crippen LogP contribution in [0.5, 0.6) is 5.75 Å². The van der Waals surface area contributed by atoms with Crippen LogP contribution in [0.2, 0.25) is 0 Å². The van der Waals surface area contributed by atoms with Gasteiger partial charge in [0.1, 0.15) is 17.9 Å². The Hall–Kier alpha value is -1.89. The Morgan fingerprint density at radius 2 is 2.20 bits per heavy atom. The number of aromatic amines is 1. The van der Waals surface area contributed by atoms with Gasteiger partial charge in [-0.15, -0.1) is 0 Å². The molecular formula is C13H15BrN4O2. The van der Waals surface area contributed by atoms with Gasteiger partial charge >= 0.3 is 0 Å². The Bertz CT molecular complexity index is 542. The lowest BCUT2D eigenvalue weighted by molar-refractivity contribution is -0.127. The first-order valence-corrected chi connectivity index (χ1v) is 6.98. The number of rotatable bonds is 6. The summed E-state index contributed by atoms with van der Waals surface area (Å²) >= 11 is 3.34. The van der Waals surface area contributed by atoms with Crippen LogP contribution in [-0.4, -0.2) is 33.7 Å². The monoisotopic (exact) mass is 338 g/mol. The number of benzene rings is 1. The van der Waals surface area contributed by atoms with Crippen LogP contribution < -0.4 is 10.1 Å². The van der Waals surface area contributed by atoms with Crippen molar-refractivity contribution in [3.63, 3.8) is 0 Å². The maximum absolute atomic E-state index is 11.9. The molecule has 0 saturated carbocycles. The van der Waals surface area contributed by atoms with Crippen molar-refractivity contribution in [3.05, 3.63) is 40.9 Å². The van der Waals surface area contributed by atoms with Gasteiger partial charge in [-0.2, -0.15) is 5.10 Å². The highest BCUT2D eigenvalue weighted by molar-refractivity contribution is 9.10. The van der Waals surface area contributed by atoms with Crippen molar-refractivity contribution in [2.24, 2.45) is 0 Å². The van der Waals surface area contributed by atoms with Gasteiger partial charge in [0, 0.05) is 17.4 Å². The second-order valence-corrected chi connectivity index (χ2v) is 5.10. The Morgan fingerprint density at radius 1 is 1.45 bits per heavy atom. The number of halogens is 1. The third kappa shape index (κ3) is 4.34. The number of hydrogen-bond acceptors (Lipinski definition) is 4. The molecule has 106 valence electrons. The van der Waals surface area contributed by atoms with Crippen molar-refractivity contribution < 1.29 is 9.53 Å². The van der Waals surface area contributed by atoms with Gasteiger partial charge in [0.05, 0.1) is 0 Å². The molecule has 1 atom stereocenters. The first-order valence-electron chi connectivity index (χ1n) is 6.19. The van der Waals surface area contributed by atoms with Crippen LogP contribution in [0.3, 0.4) is 0 Å². The Labute approximate surface area is 125 Å². The molecule has 0 spiro atoms. The number of nitrogens with zero attached hydrogens (tertiary/aromatic N) is 2. The molecule has 2 N–H and O–H groups in total. The average Bonchev–Trinajstić information content (AvgIpc) is 2.94. The van der Waals surface area contributed by atoms with E-state index >= 15 is 0 Å². The molecule has 0 aliphatic heterocycles. The number of amides is 1. The van der Waals surface area contributed by atoms with E-state index in [-0.39, 0.29) is 5.91 Å². The van der Waals surface area contributed by atoms with Gasteiger partial charge in [0.2, 0.25) is 0 Å². The fourth-order valence-corrected chi connectivity index (χ4v) is 1.83. The first kappa shape index (κ1) is 14.5. The van der Waals surface area contributed by atoms with Gasteiger partial charge in [0.25, 0.3) is 5.91 Å². The van der Waals surface area contributed by atoms with Gasteiger partial charge in [-0.3, -0.25) is 9.89 Å². The summed E-state index contributed by atoms with van der Waals surface area (Å²) in [5, 5.41) is 9.27. The van der Waals surface area contributed by atoms with Crippen LogP contribution >= 0.6 is 15.9 Å². The van der Waals surface area contributed by atoms with Crippen LogP contribution in [-0.2, 0) is 11.2 Å². The number of aromatic nitrogens is 3. The largest absolute Gasteiger partial charge is 0.481 e. The predicted octanol–water partition coefficient (Wildman–Crippen LogP) is 1.69. The van der Waals surface area contributed by atoms with Crippen molar-refractivity contribution in [1.82, 2.24) is 20.5 Å². The summed E-state index contributed by atoms with van der Waals surface area (Å²) in [6.45, 7) is 2.20. The van der Waals surface area contributed by atoms with Crippen molar-refractivity contribution in [3.8, 4) is 5.75 Å². The highest BCUT2D eigenvalue weighted by Gasteiger charge is 2.14. The lowest BCUT2D eigenvalue weighted by atomic mass is 10.3. The Balaban J connectivity index is 1.75. The number of carbonyl (C=O) groups excluding carboxylic acids is 1. The first-order chi connectivity index (χ1) is 9.65. The molecule has 0 radical (unpaired) electrons. The molecule has 1 unspecified atom stereocenters. The molecule has 0 saturated heterocycles. The minimum Gasteiger partial charge on any atom is -0.481 e.